The van der Waals surface area contributed by atoms with Gasteiger partial charge in [-0.1, -0.05) is 18.7 Å². The third-order valence-corrected chi connectivity index (χ3v) is 1.46. The fourth-order valence-corrected chi connectivity index (χ4v) is 0.983. The van der Waals surface area contributed by atoms with Crippen molar-refractivity contribution in [2.24, 2.45) is 0 Å². The molecular formula is C5H11OSi. The van der Waals surface area contributed by atoms with Gasteiger partial charge in [0.1, 0.15) is 0 Å². The lowest BCUT2D eigenvalue weighted by Gasteiger charge is -1.82. The van der Waals surface area contributed by atoms with Crippen LogP contribution in [0.15, 0.2) is 11.8 Å². The summed E-state index contributed by atoms with van der Waals surface area (Å²) in [7, 11) is -1.62. The van der Waals surface area contributed by atoms with Crippen LogP contribution in [0.5, 0.6) is 0 Å². The van der Waals surface area contributed by atoms with Crippen LogP contribution in [-0.2, 0) is 4.80 Å². The van der Waals surface area contributed by atoms with E-state index in [0.29, 0.717) is 0 Å². The van der Waals surface area contributed by atoms with Crippen molar-refractivity contribution in [3.8, 4) is 0 Å². The highest BCUT2D eigenvalue weighted by atomic mass is 28.3. The summed E-state index contributed by atoms with van der Waals surface area (Å²) in [5.74, 6) is 0. The molecule has 1 unspecified atom stereocenters. The van der Waals surface area contributed by atoms with Crippen LogP contribution in [0.25, 0.3) is 0 Å². The first-order valence-electron chi connectivity index (χ1n) is 2.60. The van der Waals surface area contributed by atoms with Crippen LogP contribution in [0.3, 0.4) is 0 Å². The molecule has 1 nitrogen and oxygen atoms in total. The van der Waals surface area contributed by atoms with E-state index < -0.39 is 9.04 Å². The van der Waals surface area contributed by atoms with Crippen molar-refractivity contribution in [2.45, 2.75) is 19.9 Å². The topological polar surface area (TPSA) is 19.9 Å². The second-order valence-electron chi connectivity index (χ2n) is 1.54. The predicted molar refractivity (Wildman–Crippen MR) is 33.1 cm³/mol. The van der Waals surface area contributed by atoms with Crippen LogP contribution in [0.2, 0.25) is 6.55 Å². The van der Waals surface area contributed by atoms with Crippen LogP contribution in [0, 0.1) is 0 Å². The first-order chi connectivity index (χ1) is 3.27. The smallest absolute Gasteiger partial charge is 0.242 e. The lowest BCUT2D eigenvalue weighted by molar-refractivity contribution is 0.464. The predicted octanol–water partition coefficient (Wildman–Crippen LogP) is 1.28. The maximum absolute atomic E-state index is 10.3. The molecule has 0 aliphatic rings. The van der Waals surface area contributed by atoms with Gasteiger partial charge in [-0.2, -0.15) is 0 Å². The van der Waals surface area contributed by atoms with E-state index in [1.54, 1.807) is 12.2 Å². The van der Waals surface area contributed by atoms with E-state index in [0.717, 1.165) is 6.42 Å². The van der Waals surface area contributed by atoms with Gasteiger partial charge in [0, 0.05) is 0 Å². The van der Waals surface area contributed by atoms with E-state index in [1.807, 2.05) is 13.0 Å². The molecule has 0 aromatic carbocycles. The van der Waals surface area contributed by atoms with Gasteiger partial charge in [0.2, 0.25) is 9.04 Å². The van der Waals surface area contributed by atoms with Crippen LogP contribution in [0.1, 0.15) is 13.3 Å². The Hall–Kier alpha value is -0.0831. The molecule has 0 aromatic rings. The first-order valence-corrected chi connectivity index (χ1v) is 4.89. The Morgan fingerprint density at radius 1 is 1.71 bits per heavy atom. The molecule has 1 radical (unpaired) electrons. The SMILES string of the molecule is CCC=C[SiH](C)[O]. The Balaban J connectivity index is 3.08. The Kier molecular flexibility index (Phi) is 4.04. The van der Waals surface area contributed by atoms with Crippen LogP contribution in [-0.4, -0.2) is 9.04 Å². The van der Waals surface area contributed by atoms with Gasteiger partial charge in [-0.05, 0) is 13.0 Å². The average molecular weight is 115 g/mol. The molecule has 0 saturated heterocycles. The van der Waals surface area contributed by atoms with E-state index in [2.05, 4.69) is 0 Å². The molecule has 0 spiro atoms. The van der Waals surface area contributed by atoms with Gasteiger partial charge in [-0.15, -0.1) is 0 Å². The second-order valence-corrected chi connectivity index (χ2v) is 3.34. The number of rotatable bonds is 2. The van der Waals surface area contributed by atoms with Crippen molar-refractivity contribution in [3.05, 3.63) is 11.8 Å². The number of hydrogen-bond donors (Lipinski definition) is 0. The second kappa shape index (κ2) is 4.09. The normalized spacial score (nSPS) is 15.3. The highest BCUT2D eigenvalue weighted by Crippen LogP contribution is 1.81. The lowest BCUT2D eigenvalue weighted by atomic mass is 10.5. The summed E-state index contributed by atoms with van der Waals surface area (Å²) in [5.41, 5.74) is 1.81. The van der Waals surface area contributed by atoms with E-state index in [4.69, 9.17) is 0 Å². The molecule has 0 rings (SSSR count). The molecule has 0 bridgehead atoms. The molecule has 0 aliphatic heterocycles. The fourth-order valence-electron chi connectivity index (χ4n) is 0.328. The third kappa shape index (κ3) is 5.92. The molecular weight excluding hydrogens is 104 g/mol. The maximum Gasteiger partial charge on any atom is 0.242 e. The molecule has 1 atom stereocenters. The quantitative estimate of drug-likeness (QED) is 0.483. The van der Waals surface area contributed by atoms with Crippen molar-refractivity contribution in [1.29, 1.82) is 0 Å². The summed E-state index contributed by atoms with van der Waals surface area (Å²) in [6.07, 6.45) is 2.95. The summed E-state index contributed by atoms with van der Waals surface area (Å²) < 4.78 is 0. The van der Waals surface area contributed by atoms with Gasteiger partial charge in [0.15, 0.2) is 0 Å². The van der Waals surface area contributed by atoms with Gasteiger partial charge in [-0.25, -0.2) is 0 Å². The summed E-state index contributed by atoms with van der Waals surface area (Å²) >= 11 is 0. The molecule has 0 fully saturated rings. The molecule has 0 heterocycles. The van der Waals surface area contributed by atoms with Crippen LogP contribution in [0.4, 0.5) is 0 Å². The van der Waals surface area contributed by atoms with Gasteiger partial charge in [-0.3, -0.25) is 4.80 Å². The summed E-state index contributed by atoms with van der Waals surface area (Å²) in [4.78, 5) is 10.3. The third-order valence-electron chi connectivity index (χ3n) is 0.643. The fraction of sp³-hybridized carbons (Fsp3) is 0.600. The molecule has 0 aliphatic carbocycles. The number of allylic oxidation sites excluding steroid dienone is 1. The number of hydrogen-bond acceptors (Lipinski definition) is 0. The Labute approximate surface area is 46.4 Å². The largest absolute Gasteiger partial charge is 0.297 e. The van der Waals surface area contributed by atoms with Crippen molar-refractivity contribution < 1.29 is 4.80 Å². The molecule has 41 valence electrons. The zero-order valence-corrected chi connectivity index (χ0v) is 6.00. The molecule has 2 heteroatoms. The van der Waals surface area contributed by atoms with Gasteiger partial charge in [0.05, 0.1) is 0 Å². The van der Waals surface area contributed by atoms with E-state index in [1.165, 1.54) is 0 Å². The summed E-state index contributed by atoms with van der Waals surface area (Å²) in [6, 6.07) is 0. The van der Waals surface area contributed by atoms with Crippen molar-refractivity contribution in [3.63, 3.8) is 0 Å². The minimum absolute atomic E-state index is 1.000. The minimum atomic E-state index is -1.62. The molecule has 7 heavy (non-hydrogen) atoms. The van der Waals surface area contributed by atoms with E-state index in [9.17, 15) is 4.80 Å². The van der Waals surface area contributed by atoms with Crippen molar-refractivity contribution in [1.82, 2.24) is 0 Å². The summed E-state index contributed by atoms with van der Waals surface area (Å²) in [6.45, 7) is 3.80. The van der Waals surface area contributed by atoms with Gasteiger partial charge < -0.3 is 0 Å². The minimum Gasteiger partial charge on any atom is -0.297 e. The Bertz CT molecular complexity index is 59.1. The average Bonchev–Trinajstić information content (AvgIpc) is 1.61. The van der Waals surface area contributed by atoms with Crippen LogP contribution >= 0.6 is 0 Å². The standard InChI is InChI=1S/C5H11OSi/c1-3-4-5-7(2)6/h4-5,7H,3H2,1-2H3. The monoisotopic (exact) mass is 115 g/mol. The molecule has 0 N–H and O–H groups in total. The zero-order valence-electron chi connectivity index (χ0n) is 4.85. The molecule has 0 aromatic heterocycles. The first kappa shape index (κ1) is 6.92. The van der Waals surface area contributed by atoms with Gasteiger partial charge in [0.25, 0.3) is 0 Å². The van der Waals surface area contributed by atoms with Crippen LogP contribution < -0.4 is 0 Å². The Morgan fingerprint density at radius 2 is 2.29 bits per heavy atom. The lowest BCUT2D eigenvalue weighted by Crippen LogP contribution is -1.95. The maximum atomic E-state index is 10.3. The Morgan fingerprint density at radius 3 is 2.43 bits per heavy atom. The van der Waals surface area contributed by atoms with E-state index in [-0.39, 0.29) is 0 Å². The highest BCUT2D eigenvalue weighted by molar-refractivity contribution is 6.54. The van der Waals surface area contributed by atoms with Crippen molar-refractivity contribution in [2.75, 3.05) is 0 Å². The summed E-state index contributed by atoms with van der Waals surface area (Å²) in [5, 5.41) is 0. The molecule has 0 amide bonds. The van der Waals surface area contributed by atoms with Gasteiger partial charge >= 0.3 is 0 Å². The van der Waals surface area contributed by atoms with E-state index >= 15 is 0 Å². The van der Waals surface area contributed by atoms with Crippen molar-refractivity contribution >= 4 is 9.04 Å². The molecule has 0 saturated carbocycles. The highest BCUT2D eigenvalue weighted by Gasteiger charge is 1.88. The zero-order chi connectivity index (χ0) is 5.70.